The lowest BCUT2D eigenvalue weighted by Crippen LogP contribution is -2.34. The minimum absolute atomic E-state index is 0.219. The number of hydrogen-bond acceptors (Lipinski definition) is 2. The summed E-state index contributed by atoms with van der Waals surface area (Å²) in [6.07, 6.45) is 0. The standard InChI is InChI=1S/C12H14BrClFNO2/c1-16(6-8(14)7-18-2)12(17)10-4-3-9(15)5-11(10)13/h3-5,8H,6-7H2,1-2H3. The second kappa shape index (κ2) is 7.07. The Kier molecular flexibility index (Phi) is 6.05. The fraction of sp³-hybridized carbons (Fsp3) is 0.417. The lowest BCUT2D eigenvalue weighted by Gasteiger charge is -2.20. The highest BCUT2D eigenvalue weighted by atomic mass is 79.9. The van der Waals surface area contributed by atoms with Crippen LogP contribution in [-0.2, 0) is 4.74 Å². The van der Waals surface area contributed by atoms with E-state index in [-0.39, 0.29) is 11.3 Å². The average Bonchev–Trinajstić information content (AvgIpc) is 2.28. The van der Waals surface area contributed by atoms with E-state index in [0.29, 0.717) is 23.2 Å². The number of carbonyl (C=O) groups excluding carboxylic acids is 1. The van der Waals surface area contributed by atoms with Crippen molar-refractivity contribution < 1.29 is 13.9 Å². The Morgan fingerprint density at radius 2 is 2.28 bits per heavy atom. The molecule has 1 amide bonds. The number of methoxy groups -OCH3 is 1. The molecule has 1 unspecified atom stereocenters. The van der Waals surface area contributed by atoms with Crippen LogP contribution in [-0.4, -0.2) is 43.5 Å². The molecule has 0 aliphatic carbocycles. The van der Waals surface area contributed by atoms with Crippen LogP contribution < -0.4 is 0 Å². The normalized spacial score (nSPS) is 12.3. The fourth-order valence-electron chi connectivity index (χ4n) is 1.48. The lowest BCUT2D eigenvalue weighted by molar-refractivity contribution is 0.0780. The molecule has 0 aromatic heterocycles. The molecule has 1 aromatic rings. The minimum atomic E-state index is -0.393. The summed E-state index contributed by atoms with van der Waals surface area (Å²) in [5.74, 6) is -0.612. The molecule has 0 fully saturated rings. The molecule has 6 heteroatoms. The van der Waals surface area contributed by atoms with Gasteiger partial charge < -0.3 is 9.64 Å². The van der Waals surface area contributed by atoms with Crippen LogP contribution in [0.3, 0.4) is 0 Å². The number of hydrogen-bond donors (Lipinski definition) is 0. The third-order valence-corrected chi connectivity index (χ3v) is 3.25. The molecule has 100 valence electrons. The third-order valence-electron chi connectivity index (χ3n) is 2.33. The van der Waals surface area contributed by atoms with E-state index >= 15 is 0 Å². The summed E-state index contributed by atoms with van der Waals surface area (Å²) >= 11 is 9.15. The van der Waals surface area contributed by atoms with E-state index in [1.54, 1.807) is 14.2 Å². The van der Waals surface area contributed by atoms with Crippen LogP contribution in [0.2, 0.25) is 0 Å². The van der Waals surface area contributed by atoms with Gasteiger partial charge in [0.15, 0.2) is 0 Å². The second-order valence-electron chi connectivity index (χ2n) is 3.86. The first-order valence-corrected chi connectivity index (χ1v) is 6.52. The van der Waals surface area contributed by atoms with E-state index < -0.39 is 5.82 Å². The van der Waals surface area contributed by atoms with Gasteiger partial charge in [0, 0.05) is 25.2 Å². The van der Waals surface area contributed by atoms with Gasteiger partial charge in [-0.3, -0.25) is 4.79 Å². The first-order valence-electron chi connectivity index (χ1n) is 5.29. The number of benzene rings is 1. The Labute approximate surface area is 119 Å². The molecular weight excluding hydrogens is 324 g/mol. The Bertz CT molecular complexity index is 431. The van der Waals surface area contributed by atoms with E-state index in [9.17, 15) is 9.18 Å². The van der Waals surface area contributed by atoms with E-state index in [1.165, 1.54) is 23.1 Å². The van der Waals surface area contributed by atoms with Crippen LogP contribution in [0.5, 0.6) is 0 Å². The van der Waals surface area contributed by atoms with Gasteiger partial charge in [-0.05, 0) is 34.1 Å². The van der Waals surface area contributed by atoms with Crippen molar-refractivity contribution in [3.05, 3.63) is 34.1 Å². The predicted octanol–water partition coefficient (Wildman–Crippen LogP) is 2.91. The van der Waals surface area contributed by atoms with Gasteiger partial charge in [0.1, 0.15) is 5.82 Å². The van der Waals surface area contributed by atoms with Crippen LogP contribution in [0.25, 0.3) is 0 Å². The fourth-order valence-corrected chi connectivity index (χ4v) is 2.34. The number of alkyl halides is 1. The summed E-state index contributed by atoms with van der Waals surface area (Å²) in [4.78, 5) is 13.6. The predicted molar refractivity (Wildman–Crippen MR) is 72.6 cm³/mol. The topological polar surface area (TPSA) is 29.5 Å². The monoisotopic (exact) mass is 337 g/mol. The van der Waals surface area contributed by atoms with Crippen LogP contribution in [0.1, 0.15) is 10.4 Å². The molecule has 0 bridgehead atoms. The van der Waals surface area contributed by atoms with Crippen molar-refractivity contribution in [2.45, 2.75) is 5.38 Å². The molecule has 1 aromatic carbocycles. The van der Waals surface area contributed by atoms with Crippen molar-refractivity contribution in [1.82, 2.24) is 4.90 Å². The highest BCUT2D eigenvalue weighted by molar-refractivity contribution is 9.10. The largest absolute Gasteiger partial charge is 0.383 e. The van der Waals surface area contributed by atoms with Gasteiger partial charge in [-0.25, -0.2) is 4.39 Å². The number of rotatable bonds is 5. The van der Waals surface area contributed by atoms with Crippen LogP contribution in [0.4, 0.5) is 4.39 Å². The SMILES string of the molecule is COCC(Cl)CN(C)C(=O)c1ccc(F)cc1Br. The minimum Gasteiger partial charge on any atom is -0.383 e. The van der Waals surface area contributed by atoms with Crippen LogP contribution in [0.15, 0.2) is 22.7 Å². The van der Waals surface area contributed by atoms with Crippen LogP contribution >= 0.6 is 27.5 Å². The van der Waals surface area contributed by atoms with E-state index in [4.69, 9.17) is 16.3 Å². The lowest BCUT2D eigenvalue weighted by atomic mass is 10.2. The molecule has 0 N–H and O–H groups in total. The van der Waals surface area contributed by atoms with Gasteiger partial charge >= 0.3 is 0 Å². The van der Waals surface area contributed by atoms with Gasteiger partial charge in [-0.2, -0.15) is 0 Å². The van der Waals surface area contributed by atoms with Crippen molar-refractivity contribution in [2.75, 3.05) is 27.3 Å². The molecule has 0 aliphatic heterocycles. The van der Waals surface area contributed by atoms with E-state index in [0.717, 1.165) is 0 Å². The van der Waals surface area contributed by atoms with Crippen LogP contribution in [0, 0.1) is 5.82 Å². The highest BCUT2D eigenvalue weighted by Crippen LogP contribution is 2.19. The molecule has 0 aliphatic rings. The molecule has 0 radical (unpaired) electrons. The van der Waals surface area contributed by atoms with Crippen molar-refractivity contribution in [1.29, 1.82) is 0 Å². The van der Waals surface area contributed by atoms with Gasteiger partial charge in [0.25, 0.3) is 5.91 Å². The molecule has 0 saturated carbocycles. The molecule has 0 saturated heterocycles. The quantitative estimate of drug-likeness (QED) is 0.773. The Hall–Kier alpha value is -0.650. The Balaban J connectivity index is 2.74. The zero-order chi connectivity index (χ0) is 13.7. The number of amides is 1. The molecule has 18 heavy (non-hydrogen) atoms. The van der Waals surface area contributed by atoms with Crippen molar-refractivity contribution >= 4 is 33.4 Å². The third kappa shape index (κ3) is 4.23. The summed E-state index contributed by atoms with van der Waals surface area (Å²) in [5.41, 5.74) is 0.403. The molecule has 0 spiro atoms. The summed E-state index contributed by atoms with van der Waals surface area (Å²) in [6.45, 7) is 0.724. The number of halogens is 3. The van der Waals surface area contributed by atoms with Crippen molar-refractivity contribution in [2.24, 2.45) is 0 Å². The summed E-state index contributed by atoms with van der Waals surface area (Å²) in [5, 5.41) is -0.275. The van der Waals surface area contributed by atoms with Gasteiger partial charge in [-0.15, -0.1) is 11.6 Å². The van der Waals surface area contributed by atoms with Gasteiger partial charge in [0.2, 0.25) is 0 Å². The second-order valence-corrected chi connectivity index (χ2v) is 5.33. The molecule has 1 rings (SSSR count). The maximum absolute atomic E-state index is 12.9. The van der Waals surface area contributed by atoms with Crippen molar-refractivity contribution in [3.63, 3.8) is 0 Å². The van der Waals surface area contributed by atoms with E-state index in [2.05, 4.69) is 15.9 Å². The van der Waals surface area contributed by atoms with Crippen molar-refractivity contribution in [3.8, 4) is 0 Å². The Morgan fingerprint density at radius 3 is 2.83 bits per heavy atom. The molecular formula is C12H14BrClFNO2. The number of nitrogens with zero attached hydrogens (tertiary/aromatic N) is 1. The highest BCUT2D eigenvalue weighted by Gasteiger charge is 2.18. The zero-order valence-corrected chi connectivity index (χ0v) is 12.5. The smallest absolute Gasteiger partial charge is 0.254 e. The number of ether oxygens (including phenoxy) is 1. The zero-order valence-electron chi connectivity index (χ0n) is 10.1. The summed E-state index contributed by atoms with van der Waals surface area (Å²) in [6, 6.07) is 3.95. The average molecular weight is 339 g/mol. The van der Waals surface area contributed by atoms with Gasteiger partial charge in [0.05, 0.1) is 17.5 Å². The summed E-state index contributed by atoms with van der Waals surface area (Å²) < 4.78 is 18.3. The first kappa shape index (κ1) is 15.4. The molecule has 1 atom stereocenters. The maximum atomic E-state index is 12.9. The molecule has 3 nitrogen and oxygen atoms in total. The molecule has 0 heterocycles. The summed E-state index contributed by atoms with van der Waals surface area (Å²) in [7, 11) is 3.19. The Morgan fingerprint density at radius 1 is 1.61 bits per heavy atom. The number of carbonyl (C=O) groups is 1. The van der Waals surface area contributed by atoms with E-state index in [1.807, 2.05) is 0 Å². The van der Waals surface area contributed by atoms with Gasteiger partial charge in [-0.1, -0.05) is 0 Å². The first-order chi connectivity index (χ1) is 8.45. The maximum Gasteiger partial charge on any atom is 0.254 e.